The highest BCUT2D eigenvalue weighted by Crippen LogP contribution is 2.15. The van der Waals surface area contributed by atoms with Crippen LogP contribution in [0.4, 0.5) is 0 Å². The third-order valence-electron chi connectivity index (χ3n) is 3.42. The van der Waals surface area contributed by atoms with Crippen LogP contribution in [0.3, 0.4) is 0 Å². The summed E-state index contributed by atoms with van der Waals surface area (Å²) in [5.74, 6) is 1.18. The molecule has 0 atom stereocenters. The molecule has 0 bridgehead atoms. The fraction of sp³-hybridized carbons (Fsp3) is 0.176. The molecule has 0 fully saturated rings. The molecule has 1 aliphatic heterocycles. The number of hydrogen-bond donors (Lipinski definition) is 2. The van der Waals surface area contributed by atoms with E-state index in [1.54, 1.807) is 0 Å². The van der Waals surface area contributed by atoms with Gasteiger partial charge in [-0.05, 0) is 42.3 Å². The molecule has 0 unspecified atom stereocenters. The lowest BCUT2D eigenvalue weighted by atomic mass is 10.1. The van der Waals surface area contributed by atoms with Gasteiger partial charge in [0.2, 0.25) is 5.96 Å². The van der Waals surface area contributed by atoms with Crippen molar-refractivity contribution in [3.63, 3.8) is 0 Å². The van der Waals surface area contributed by atoms with E-state index < -0.39 is 0 Å². The monoisotopic (exact) mass is 294 g/mol. The van der Waals surface area contributed by atoms with Crippen LogP contribution in [0.15, 0.2) is 58.6 Å². The largest absolute Gasteiger partial charge is 0.489 e. The van der Waals surface area contributed by atoms with Gasteiger partial charge in [-0.25, -0.2) is 10.4 Å². The molecule has 5 nitrogen and oxygen atoms in total. The predicted molar refractivity (Wildman–Crippen MR) is 88.1 cm³/mol. The molecular formula is C17H18N4O. The fourth-order valence-corrected chi connectivity index (χ4v) is 2.11. The van der Waals surface area contributed by atoms with Crippen molar-refractivity contribution in [1.82, 2.24) is 5.43 Å². The molecule has 0 aliphatic carbocycles. The quantitative estimate of drug-likeness (QED) is 0.908. The van der Waals surface area contributed by atoms with Crippen LogP contribution in [0.1, 0.15) is 16.7 Å². The number of rotatable bonds is 4. The average molecular weight is 294 g/mol. The van der Waals surface area contributed by atoms with E-state index in [2.05, 4.69) is 46.7 Å². The molecule has 0 amide bonds. The van der Waals surface area contributed by atoms with E-state index in [4.69, 9.17) is 10.5 Å². The zero-order chi connectivity index (χ0) is 15.4. The van der Waals surface area contributed by atoms with Crippen LogP contribution in [0.5, 0.6) is 5.75 Å². The van der Waals surface area contributed by atoms with Gasteiger partial charge < -0.3 is 10.5 Å². The maximum Gasteiger partial charge on any atom is 0.209 e. The molecule has 1 heterocycles. The molecule has 22 heavy (non-hydrogen) atoms. The van der Waals surface area contributed by atoms with Gasteiger partial charge >= 0.3 is 0 Å². The Morgan fingerprint density at radius 1 is 1.09 bits per heavy atom. The van der Waals surface area contributed by atoms with Gasteiger partial charge in [0.05, 0.1) is 12.3 Å². The summed E-state index contributed by atoms with van der Waals surface area (Å²) in [5, 5.41) is 4.18. The van der Waals surface area contributed by atoms with Crippen LogP contribution in [-0.2, 0) is 6.61 Å². The van der Waals surface area contributed by atoms with Gasteiger partial charge in [-0.1, -0.05) is 29.8 Å². The number of nitrogens with one attached hydrogen (secondary N) is 1. The number of nitrogens with zero attached hydrogens (tertiary/aromatic N) is 2. The first-order valence-electron chi connectivity index (χ1n) is 7.12. The second kappa shape index (κ2) is 6.30. The number of ether oxygens (including phenoxy) is 1. The SMILES string of the molecule is Cc1ccc(COc2ccc(C3=NNC(N)=NC3)cc2)cc1. The number of benzene rings is 2. The van der Waals surface area contributed by atoms with Crippen molar-refractivity contribution in [3.05, 3.63) is 65.2 Å². The lowest BCUT2D eigenvalue weighted by Gasteiger charge is -2.12. The molecule has 0 saturated heterocycles. The van der Waals surface area contributed by atoms with Crippen molar-refractivity contribution in [2.45, 2.75) is 13.5 Å². The lowest BCUT2D eigenvalue weighted by molar-refractivity contribution is 0.306. The normalized spacial score (nSPS) is 13.9. The maximum atomic E-state index is 5.79. The number of aryl methyl sites for hydroxylation is 1. The zero-order valence-corrected chi connectivity index (χ0v) is 12.4. The number of aliphatic imine (C=N–C) groups is 1. The molecule has 2 aromatic carbocycles. The Hall–Kier alpha value is -2.82. The summed E-state index contributed by atoms with van der Waals surface area (Å²) >= 11 is 0. The second-order valence-electron chi connectivity index (χ2n) is 5.17. The topological polar surface area (TPSA) is 72.0 Å². The molecule has 2 aromatic rings. The van der Waals surface area contributed by atoms with E-state index in [1.807, 2.05) is 24.3 Å². The maximum absolute atomic E-state index is 5.79. The van der Waals surface area contributed by atoms with Crippen LogP contribution in [0, 0.1) is 6.92 Å². The highest BCUT2D eigenvalue weighted by Gasteiger charge is 2.08. The molecule has 1 aliphatic rings. The van der Waals surface area contributed by atoms with Gasteiger partial charge in [-0.3, -0.25) is 0 Å². The van der Waals surface area contributed by atoms with Crippen LogP contribution in [0.2, 0.25) is 0 Å². The Morgan fingerprint density at radius 3 is 2.45 bits per heavy atom. The average Bonchev–Trinajstić information content (AvgIpc) is 2.56. The molecule has 3 N–H and O–H groups in total. The summed E-state index contributed by atoms with van der Waals surface area (Å²) in [6, 6.07) is 16.2. The third-order valence-corrected chi connectivity index (χ3v) is 3.42. The van der Waals surface area contributed by atoms with Gasteiger partial charge in [-0.2, -0.15) is 5.10 Å². The van der Waals surface area contributed by atoms with Crippen LogP contribution in [0.25, 0.3) is 0 Å². The second-order valence-corrected chi connectivity index (χ2v) is 5.17. The molecule has 112 valence electrons. The van der Waals surface area contributed by atoms with Gasteiger partial charge in [0.1, 0.15) is 12.4 Å². The summed E-state index contributed by atoms with van der Waals surface area (Å²) in [7, 11) is 0. The van der Waals surface area contributed by atoms with Crippen LogP contribution in [-0.4, -0.2) is 18.2 Å². The van der Waals surface area contributed by atoms with Crippen molar-refractivity contribution in [2.24, 2.45) is 15.8 Å². The highest BCUT2D eigenvalue weighted by molar-refractivity contribution is 6.04. The van der Waals surface area contributed by atoms with E-state index in [0.29, 0.717) is 19.1 Å². The summed E-state index contributed by atoms with van der Waals surface area (Å²) in [5.41, 5.74) is 12.5. The van der Waals surface area contributed by atoms with E-state index >= 15 is 0 Å². The van der Waals surface area contributed by atoms with Gasteiger partial charge in [-0.15, -0.1) is 0 Å². The van der Waals surface area contributed by atoms with E-state index in [0.717, 1.165) is 22.6 Å². The van der Waals surface area contributed by atoms with Crippen LogP contribution >= 0.6 is 0 Å². The molecule has 5 heteroatoms. The van der Waals surface area contributed by atoms with Crippen molar-refractivity contribution >= 4 is 11.7 Å². The number of hydrazone groups is 1. The van der Waals surface area contributed by atoms with E-state index in [9.17, 15) is 0 Å². The summed E-state index contributed by atoms with van der Waals surface area (Å²) in [4.78, 5) is 4.11. The Balaban J connectivity index is 1.61. The molecular weight excluding hydrogens is 276 g/mol. The Kier molecular flexibility index (Phi) is 4.05. The first kappa shape index (κ1) is 14.1. The first-order chi connectivity index (χ1) is 10.7. The standard InChI is InChI=1S/C17H18N4O/c1-12-2-4-13(5-3-12)11-22-15-8-6-14(7-9-15)16-10-19-17(18)21-20-16/h2-9H,10-11H2,1H3,(H3,18,19,21). The van der Waals surface area contributed by atoms with E-state index in [-0.39, 0.29) is 0 Å². The first-order valence-corrected chi connectivity index (χ1v) is 7.12. The zero-order valence-electron chi connectivity index (χ0n) is 12.4. The molecule has 0 radical (unpaired) electrons. The Labute approximate surface area is 129 Å². The minimum Gasteiger partial charge on any atom is -0.489 e. The number of nitrogens with two attached hydrogens (primary N) is 1. The predicted octanol–water partition coefficient (Wildman–Crippen LogP) is 2.20. The third kappa shape index (κ3) is 3.44. The summed E-state index contributed by atoms with van der Waals surface area (Å²) in [6.45, 7) is 3.12. The fourth-order valence-electron chi connectivity index (χ4n) is 2.11. The van der Waals surface area contributed by atoms with E-state index in [1.165, 1.54) is 5.56 Å². The molecule has 0 saturated carbocycles. The molecule has 3 rings (SSSR count). The number of hydrogen-bond acceptors (Lipinski definition) is 5. The van der Waals surface area contributed by atoms with Crippen LogP contribution < -0.4 is 15.9 Å². The van der Waals surface area contributed by atoms with Crippen molar-refractivity contribution < 1.29 is 4.74 Å². The Morgan fingerprint density at radius 2 is 1.82 bits per heavy atom. The Bertz CT molecular complexity index is 702. The lowest BCUT2D eigenvalue weighted by Crippen LogP contribution is -2.33. The number of guanidine groups is 1. The van der Waals surface area contributed by atoms with Gasteiger partial charge in [0.25, 0.3) is 0 Å². The smallest absolute Gasteiger partial charge is 0.209 e. The minimum atomic E-state index is 0.349. The minimum absolute atomic E-state index is 0.349. The van der Waals surface area contributed by atoms with Gasteiger partial charge in [0.15, 0.2) is 0 Å². The van der Waals surface area contributed by atoms with Gasteiger partial charge in [0, 0.05) is 0 Å². The molecule has 0 spiro atoms. The van der Waals surface area contributed by atoms with Crippen molar-refractivity contribution in [3.8, 4) is 5.75 Å². The van der Waals surface area contributed by atoms with Crippen molar-refractivity contribution in [1.29, 1.82) is 0 Å². The summed E-state index contributed by atoms with van der Waals surface area (Å²) < 4.78 is 5.79. The van der Waals surface area contributed by atoms with Crippen molar-refractivity contribution in [2.75, 3.05) is 6.54 Å². The summed E-state index contributed by atoms with van der Waals surface area (Å²) in [6.07, 6.45) is 0. The molecule has 0 aromatic heterocycles. The highest BCUT2D eigenvalue weighted by atomic mass is 16.5.